The lowest BCUT2D eigenvalue weighted by Gasteiger charge is -2.26. The molecule has 90 valence electrons. The molecule has 0 aliphatic rings. The number of nitrogens with zero attached hydrogens (tertiary/aromatic N) is 1. The van der Waals surface area contributed by atoms with Gasteiger partial charge in [-0.25, -0.2) is 0 Å². The predicted molar refractivity (Wildman–Crippen MR) is 57.6 cm³/mol. The van der Waals surface area contributed by atoms with Gasteiger partial charge >= 0.3 is 11.8 Å². The molecule has 0 spiro atoms. The Morgan fingerprint density at radius 3 is 2.33 bits per heavy atom. The van der Waals surface area contributed by atoms with Gasteiger partial charge in [0.2, 0.25) is 0 Å². The summed E-state index contributed by atoms with van der Waals surface area (Å²) in [5.41, 5.74) is 0. The lowest BCUT2D eigenvalue weighted by molar-refractivity contribution is -0.869. The van der Waals surface area contributed by atoms with Gasteiger partial charge in [0.15, 0.2) is 0 Å². The van der Waals surface area contributed by atoms with Crippen molar-refractivity contribution in [2.24, 2.45) is 0 Å². The zero-order valence-electron chi connectivity index (χ0n) is 9.60. The van der Waals surface area contributed by atoms with Crippen molar-refractivity contribution in [2.45, 2.75) is 13.3 Å². The van der Waals surface area contributed by atoms with E-state index in [1.807, 2.05) is 0 Å². The van der Waals surface area contributed by atoms with Gasteiger partial charge in [0, 0.05) is 6.42 Å². The number of aliphatic hydroxyl groups is 2. The maximum Gasteiger partial charge on any atom is 0.382 e. The summed E-state index contributed by atoms with van der Waals surface area (Å²) >= 11 is 0. The molecule has 15 heavy (non-hydrogen) atoms. The maximum atomic E-state index is 9.65. The lowest BCUT2D eigenvalue weighted by atomic mass is 10.3. The third-order valence-corrected chi connectivity index (χ3v) is 1.94. The summed E-state index contributed by atoms with van der Waals surface area (Å²) in [4.78, 5) is 0. The molecule has 0 aromatic rings. The van der Waals surface area contributed by atoms with Crippen molar-refractivity contribution >= 4 is 0 Å². The second kappa shape index (κ2) is 7.14. The molecule has 0 fully saturated rings. The SMILES string of the molecule is C=CCC[N+](C)(C)C(O)=C(O)OCC.[OH-]. The molecule has 0 aromatic carbocycles. The van der Waals surface area contributed by atoms with Crippen molar-refractivity contribution in [3.8, 4) is 0 Å². The highest BCUT2D eigenvalue weighted by Crippen LogP contribution is 2.13. The van der Waals surface area contributed by atoms with E-state index in [1.54, 1.807) is 27.1 Å². The van der Waals surface area contributed by atoms with Gasteiger partial charge in [0.25, 0.3) is 0 Å². The molecule has 5 heteroatoms. The zero-order valence-corrected chi connectivity index (χ0v) is 9.60. The van der Waals surface area contributed by atoms with Gasteiger partial charge in [0.1, 0.15) is 0 Å². The van der Waals surface area contributed by atoms with E-state index in [1.165, 1.54) is 0 Å². The largest absolute Gasteiger partial charge is 0.870 e. The van der Waals surface area contributed by atoms with Crippen LogP contribution in [0.15, 0.2) is 24.5 Å². The van der Waals surface area contributed by atoms with Crippen molar-refractivity contribution in [3.63, 3.8) is 0 Å². The first-order chi connectivity index (χ1) is 6.45. The maximum absolute atomic E-state index is 9.65. The Labute approximate surface area is 90.8 Å². The molecule has 0 heterocycles. The minimum atomic E-state index is -0.401. The zero-order chi connectivity index (χ0) is 11.2. The standard InChI is InChI=1S/C10H19NO3.H2O/c1-5-7-8-11(3,4)9(12)10(13)14-6-2;/h5H,1,6-8H2,2-4H3,(H-,12,13);1H2. The topological polar surface area (TPSA) is 79.7 Å². The molecule has 0 amide bonds. The number of quaternary nitrogens is 1. The van der Waals surface area contributed by atoms with Crippen LogP contribution in [0.2, 0.25) is 0 Å². The predicted octanol–water partition coefficient (Wildman–Crippen LogP) is 1.74. The van der Waals surface area contributed by atoms with Crippen molar-refractivity contribution in [1.29, 1.82) is 0 Å². The number of hydrogen-bond donors (Lipinski definition) is 2. The number of aliphatic hydroxyl groups excluding tert-OH is 2. The normalized spacial score (nSPS) is 12.5. The Hall–Kier alpha value is -1.20. The fourth-order valence-corrected chi connectivity index (χ4v) is 0.980. The second-order valence-corrected chi connectivity index (χ2v) is 3.55. The van der Waals surface area contributed by atoms with Crippen molar-refractivity contribution < 1.29 is 24.9 Å². The molecule has 0 rings (SSSR count). The molecule has 0 unspecified atom stereocenters. The summed E-state index contributed by atoms with van der Waals surface area (Å²) in [6.07, 6.45) is 2.53. The third kappa shape index (κ3) is 5.29. The van der Waals surface area contributed by atoms with Gasteiger partial charge in [-0.3, -0.25) is 4.48 Å². The highest BCUT2D eigenvalue weighted by atomic mass is 16.6. The van der Waals surface area contributed by atoms with Crippen LogP contribution in [-0.2, 0) is 4.74 Å². The van der Waals surface area contributed by atoms with E-state index in [2.05, 4.69) is 6.58 Å². The van der Waals surface area contributed by atoms with E-state index in [0.717, 1.165) is 6.42 Å². The summed E-state index contributed by atoms with van der Waals surface area (Å²) < 4.78 is 4.99. The first-order valence-electron chi connectivity index (χ1n) is 4.65. The molecule has 0 atom stereocenters. The van der Waals surface area contributed by atoms with Crippen molar-refractivity contribution in [2.75, 3.05) is 27.2 Å². The average molecular weight is 219 g/mol. The van der Waals surface area contributed by atoms with E-state index in [0.29, 0.717) is 13.2 Å². The fourth-order valence-electron chi connectivity index (χ4n) is 0.980. The van der Waals surface area contributed by atoms with Crippen LogP contribution < -0.4 is 0 Å². The first kappa shape index (κ1) is 16.2. The molecule has 3 N–H and O–H groups in total. The Kier molecular flexibility index (Phi) is 7.73. The van der Waals surface area contributed by atoms with Crippen LogP contribution in [0.25, 0.3) is 0 Å². The smallest absolute Gasteiger partial charge is 0.382 e. The quantitative estimate of drug-likeness (QED) is 0.405. The van der Waals surface area contributed by atoms with Gasteiger partial charge in [-0.15, -0.1) is 6.58 Å². The van der Waals surface area contributed by atoms with Gasteiger partial charge in [-0.05, 0) is 6.92 Å². The van der Waals surface area contributed by atoms with Crippen molar-refractivity contribution in [1.82, 2.24) is 0 Å². The summed E-state index contributed by atoms with van der Waals surface area (Å²) in [6, 6.07) is 0. The van der Waals surface area contributed by atoms with Crippen LogP contribution >= 0.6 is 0 Å². The summed E-state index contributed by atoms with van der Waals surface area (Å²) in [6.45, 7) is 6.34. The van der Waals surface area contributed by atoms with E-state index < -0.39 is 5.95 Å². The average Bonchev–Trinajstić information content (AvgIpc) is 2.14. The summed E-state index contributed by atoms with van der Waals surface area (Å²) in [5.74, 6) is -0.560. The van der Waals surface area contributed by atoms with Crippen LogP contribution in [0.3, 0.4) is 0 Å². The molecule has 0 saturated carbocycles. The van der Waals surface area contributed by atoms with Gasteiger partial charge < -0.3 is 20.4 Å². The Morgan fingerprint density at radius 2 is 1.93 bits per heavy atom. The molecule has 0 aromatic heterocycles. The van der Waals surface area contributed by atoms with E-state index in [4.69, 9.17) is 4.74 Å². The van der Waals surface area contributed by atoms with Crippen LogP contribution in [-0.4, -0.2) is 47.4 Å². The molecule has 0 aliphatic carbocycles. The van der Waals surface area contributed by atoms with E-state index in [-0.39, 0.29) is 15.8 Å². The Balaban J connectivity index is 0. The monoisotopic (exact) mass is 219 g/mol. The number of rotatable bonds is 6. The summed E-state index contributed by atoms with van der Waals surface area (Å²) in [7, 11) is 3.57. The highest BCUT2D eigenvalue weighted by molar-refractivity contribution is 4.82. The lowest BCUT2D eigenvalue weighted by Crippen LogP contribution is -2.40. The molecule has 0 radical (unpaired) electrons. The van der Waals surface area contributed by atoms with Gasteiger partial charge in [-0.2, -0.15) is 0 Å². The molecule has 0 bridgehead atoms. The number of hydrogen-bond acceptors (Lipinski definition) is 4. The third-order valence-electron chi connectivity index (χ3n) is 1.94. The van der Waals surface area contributed by atoms with Crippen molar-refractivity contribution in [3.05, 3.63) is 24.5 Å². The minimum Gasteiger partial charge on any atom is -0.870 e. The Morgan fingerprint density at radius 1 is 1.40 bits per heavy atom. The molecule has 0 aliphatic heterocycles. The van der Waals surface area contributed by atoms with Crippen LogP contribution in [0.5, 0.6) is 0 Å². The minimum absolute atomic E-state index is 0. The molecule has 5 nitrogen and oxygen atoms in total. The van der Waals surface area contributed by atoms with Crippen LogP contribution in [0, 0.1) is 0 Å². The van der Waals surface area contributed by atoms with E-state index >= 15 is 0 Å². The molecular weight excluding hydrogens is 198 g/mol. The van der Waals surface area contributed by atoms with E-state index in [9.17, 15) is 10.2 Å². The second-order valence-electron chi connectivity index (χ2n) is 3.55. The molecule has 0 saturated heterocycles. The van der Waals surface area contributed by atoms with Crippen LogP contribution in [0.1, 0.15) is 13.3 Å². The first-order valence-corrected chi connectivity index (χ1v) is 4.65. The van der Waals surface area contributed by atoms with Gasteiger partial charge in [-0.1, -0.05) is 6.08 Å². The molecular formula is C10H21NO4. The van der Waals surface area contributed by atoms with Gasteiger partial charge in [0.05, 0.1) is 27.2 Å². The summed E-state index contributed by atoms with van der Waals surface area (Å²) in [5, 5.41) is 19.0. The highest BCUT2D eigenvalue weighted by Gasteiger charge is 2.26. The number of ether oxygens (including phenoxy) is 1. The van der Waals surface area contributed by atoms with Crippen LogP contribution in [0.4, 0.5) is 0 Å². The Bertz CT molecular complexity index is 223. The fraction of sp³-hybridized carbons (Fsp3) is 0.600.